The lowest BCUT2D eigenvalue weighted by molar-refractivity contribution is -0.265. The molecule has 0 aliphatic carbocycles. The molecule has 0 spiro atoms. The Hall–Kier alpha value is -4.24. The Balaban J connectivity index is 1.72. The number of carbonyl (C=O) groups is 1. The van der Waals surface area contributed by atoms with E-state index in [4.69, 9.17) is 5.73 Å². The Labute approximate surface area is 229 Å². The van der Waals surface area contributed by atoms with Crippen LogP contribution in [0.3, 0.4) is 0 Å². The van der Waals surface area contributed by atoms with Gasteiger partial charge in [0.1, 0.15) is 5.69 Å². The second-order valence-corrected chi connectivity index (χ2v) is 9.93. The summed E-state index contributed by atoms with van der Waals surface area (Å²) in [6.45, 7) is 1.65. The van der Waals surface area contributed by atoms with E-state index in [-0.39, 0.29) is 28.3 Å². The van der Waals surface area contributed by atoms with Crippen molar-refractivity contribution in [1.29, 1.82) is 0 Å². The fraction of sp³-hybridized carbons (Fsp3) is 0.308. The minimum Gasteiger partial charge on any atom is -0.374 e. The number of alkyl halides is 6. The summed E-state index contributed by atoms with van der Waals surface area (Å²) < 4.78 is 84.9. The summed E-state index contributed by atoms with van der Waals surface area (Å²) in [5.41, 5.74) is -0.764. The van der Waals surface area contributed by atoms with Gasteiger partial charge in [-0.25, -0.2) is 9.67 Å². The third-order valence-electron chi connectivity index (χ3n) is 6.31. The topological polar surface area (TPSA) is 124 Å². The van der Waals surface area contributed by atoms with Crippen LogP contribution in [-0.4, -0.2) is 48.3 Å². The third-order valence-corrected chi connectivity index (χ3v) is 6.31. The van der Waals surface area contributed by atoms with Gasteiger partial charge < -0.3 is 16.2 Å². The molecule has 41 heavy (non-hydrogen) atoms. The zero-order valence-electron chi connectivity index (χ0n) is 21.9. The summed E-state index contributed by atoms with van der Waals surface area (Å²) in [7, 11) is 1.41. The van der Waals surface area contributed by atoms with Gasteiger partial charge in [0.2, 0.25) is 5.60 Å². The molecule has 0 saturated carbocycles. The second-order valence-electron chi connectivity index (χ2n) is 9.93. The number of halogens is 6. The molecule has 1 unspecified atom stereocenters. The van der Waals surface area contributed by atoms with E-state index in [0.717, 1.165) is 35.0 Å². The molecule has 0 fully saturated rings. The van der Waals surface area contributed by atoms with Crippen molar-refractivity contribution in [2.24, 2.45) is 12.8 Å². The van der Waals surface area contributed by atoms with Gasteiger partial charge in [-0.2, -0.15) is 36.5 Å². The van der Waals surface area contributed by atoms with Crippen molar-refractivity contribution in [3.8, 4) is 17.1 Å². The van der Waals surface area contributed by atoms with Crippen molar-refractivity contribution in [2.45, 2.75) is 37.3 Å². The normalized spacial score (nSPS) is 14.1. The summed E-state index contributed by atoms with van der Waals surface area (Å²) in [6, 6.07) is 8.82. The number of hydrogen-bond donors (Lipinski definition) is 3. The van der Waals surface area contributed by atoms with Crippen LogP contribution >= 0.6 is 0 Å². The molecule has 4 N–H and O–H groups in total. The van der Waals surface area contributed by atoms with Crippen molar-refractivity contribution >= 4 is 5.91 Å². The molecule has 3 aromatic heterocycles. The van der Waals surface area contributed by atoms with Crippen LogP contribution in [0, 0.1) is 0 Å². The maximum absolute atomic E-state index is 14.4. The lowest BCUT2D eigenvalue weighted by Gasteiger charge is -2.32. The Kier molecular flexibility index (Phi) is 7.47. The first kappa shape index (κ1) is 29.7. The van der Waals surface area contributed by atoms with Crippen LogP contribution in [0.15, 0.2) is 60.9 Å². The van der Waals surface area contributed by atoms with E-state index in [1.807, 2.05) is 0 Å². The van der Waals surface area contributed by atoms with Crippen LogP contribution in [0.5, 0.6) is 0 Å². The van der Waals surface area contributed by atoms with Gasteiger partial charge in [-0.1, -0.05) is 12.1 Å². The molecule has 4 aromatic rings. The average Bonchev–Trinajstić information content (AvgIpc) is 3.55. The number of nitrogens with two attached hydrogens (primary N) is 1. The van der Waals surface area contributed by atoms with Crippen LogP contribution in [0.2, 0.25) is 0 Å². The van der Waals surface area contributed by atoms with E-state index in [1.165, 1.54) is 43.9 Å². The van der Waals surface area contributed by atoms with Gasteiger partial charge in [-0.15, -0.1) is 0 Å². The maximum atomic E-state index is 14.4. The van der Waals surface area contributed by atoms with Crippen molar-refractivity contribution in [3.05, 3.63) is 83.4 Å². The number of amides is 1. The molecular weight excluding hydrogens is 556 g/mol. The molecule has 0 aliphatic heterocycles. The molecule has 1 atom stereocenters. The molecule has 0 saturated heterocycles. The molecule has 4 rings (SSSR count). The number of benzene rings is 1. The average molecular weight is 582 g/mol. The monoisotopic (exact) mass is 581 g/mol. The highest BCUT2D eigenvalue weighted by Gasteiger charge is 2.56. The predicted molar refractivity (Wildman–Crippen MR) is 135 cm³/mol. The summed E-state index contributed by atoms with van der Waals surface area (Å²) in [5.74, 6) is -0.742. The lowest BCUT2D eigenvalue weighted by atomic mass is 9.89. The van der Waals surface area contributed by atoms with E-state index in [2.05, 4.69) is 20.5 Å². The summed E-state index contributed by atoms with van der Waals surface area (Å²) in [4.78, 5) is 16.8. The van der Waals surface area contributed by atoms with Gasteiger partial charge in [0.15, 0.2) is 5.82 Å². The Morgan fingerprint density at radius 3 is 2.22 bits per heavy atom. The van der Waals surface area contributed by atoms with E-state index in [1.54, 1.807) is 12.3 Å². The van der Waals surface area contributed by atoms with Gasteiger partial charge >= 0.3 is 12.4 Å². The highest BCUT2D eigenvalue weighted by molar-refractivity contribution is 5.93. The van der Waals surface area contributed by atoms with Crippen LogP contribution in [0.4, 0.5) is 26.3 Å². The Morgan fingerprint density at radius 1 is 1.02 bits per heavy atom. The minimum absolute atomic E-state index is 0.0555. The smallest absolute Gasteiger partial charge is 0.374 e. The number of nitrogens with one attached hydrogen (secondary N) is 1. The minimum atomic E-state index is -5.34. The second kappa shape index (κ2) is 10.3. The Morgan fingerprint density at radius 2 is 1.68 bits per heavy atom. The van der Waals surface area contributed by atoms with Gasteiger partial charge in [0.25, 0.3) is 5.91 Å². The van der Waals surface area contributed by atoms with Crippen LogP contribution in [-0.2, 0) is 24.4 Å². The van der Waals surface area contributed by atoms with Crippen LogP contribution < -0.4 is 11.1 Å². The van der Waals surface area contributed by atoms with Gasteiger partial charge in [0.05, 0.1) is 23.5 Å². The van der Waals surface area contributed by atoms with E-state index in [0.29, 0.717) is 0 Å². The third kappa shape index (κ3) is 6.10. The first-order valence-corrected chi connectivity index (χ1v) is 12.0. The quantitative estimate of drug-likeness (QED) is 0.283. The molecular formula is C26H25F6N7O2. The Bertz CT molecular complexity index is 1540. The summed E-state index contributed by atoms with van der Waals surface area (Å²) in [5, 5.41) is 21.2. The van der Waals surface area contributed by atoms with E-state index >= 15 is 0 Å². The zero-order chi connectivity index (χ0) is 30.4. The first-order chi connectivity index (χ1) is 18.9. The summed E-state index contributed by atoms with van der Waals surface area (Å²) >= 11 is 0. The highest BCUT2D eigenvalue weighted by atomic mass is 19.4. The molecule has 1 aromatic carbocycles. The van der Waals surface area contributed by atoms with Gasteiger partial charge in [-0.05, 0) is 49.7 Å². The molecule has 3 heterocycles. The fourth-order valence-corrected chi connectivity index (χ4v) is 3.91. The first-order valence-electron chi connectivity index (χ1n) is 12.0. The number of nitrogens with zero attached hydrogens (tertiary/aromatic N) is 5. The number of hydrogen-bond acceptors (Lipinski definition) is 6. The number of aliphatic hydroxyl groups is 1. The van der Waals surface area contributed by atoms with E-state index in [9.17, 15) is 36.2 Å². The number of aromatic nitrogens is 5. The SMILES string of the molecule is Cn1nc(-n2cccn2)cc1C(=O)NCC(O)(c1cc(C(C)(C)N)cc(-c2ccc(C(F)(F)F)cc2)n1)C(F)(F)F. The molecule has 1 amide bonds. The molecule has 15 heteroatoms. The number of pyridine rings is 1. The van der Waals surface area contributed by atoms with Crippen LogP contribution in [0.1, 0.15) is 41.2 Å². The molecule has 218 valence electrons. The van der Waals surface area contributed by atoms with Crippen molar-refractivity contribution in [3.63, 3.8) is 0 Å². The molecule has 0 aliphatic rings. The maximum Gasteiger partial charge on any atom is 0.424 e. The zero-order valence-corrected chi connectivity index (χ0v) is 21.9. The molecule has 9 nitrogen and oxygen atoms in total. The summed E-state index contributed by atoms with van der Waals surface area (Å²) in [6.07, 6.45) is -6.94. The highest BCUT2D eigenvalue weighted by Crippen LogP contribution is 2.40. The number of rotatable bonds is 7. The van der Waals surface area contributed by atoms with Crippen LogP contribution in [0.25, 0.3) is 17.1 Å². The molecule has 0 bridgehead atoms. The van der Waals surface area contributed by atoms with Gasteiger partial charge in [-0.3, -0.25) is 9.48 Å². The predicted octanol–water partition coefficient (Wildman–Crippen LogP) is 4.06. The standard InChI is InChI=1S/C26H25F6N7O2/c1-23(2,33)17-11-18(15-5-7-16(8-6-15)25(27,28)29)36-20(12-17)24(41,26(30,31)32)14-34-22(40)19-13-21(37-38(19)3)39-10-4-9-35-39/h4-13,41H,14,33H2,1-3H3,(H,34,40). The largest absolute Gasteiger partial charge is 0.424 e. The molecule has 0 radical (unpaired) electrons. The van der Waals surface area contributed by atoms with Crippen molar-refractivity contribution in [1.82, 2.24) is 29.9 Å². The number of aryl methyl sites for hydroxylation is 1. The lowest BCUT2D eigenvalue weighted by Crippen LogP contribution is -2.52. The van der Waals surface area contributed by atoms with E-state index < -0.39 is 47.2 Å². The van der Waals surface area contributed by atoms with Crippen molar-refractivity contribution < 1.29 is 36.2 Å². The van der Waals surface area contributed by atoms with Crippen molar-refractivity contribution in [2.75, 3.05) is 6.54 Å². The van der Waals surface area contributed by atoms with Gasteiger partial charge in [0, 0.05) is 36.6 Å². The fourth-order valence-electron chi connectivity index (χ4n) is 3.91. The number of carbonyl (C=O) groups excluding carboxylic acids is 1.